The Morgan fingerprint density at radius 2 is 1.71 bits per heavy atom. The van der Waals surface area contributed by atoms with E-state index in [0.29, 0.717) is 6.54 Å². The van der Waals surface area contributed by atoms with Crippen LogP contribution in [0.25, 0.3) is 0 Å². The SMILES string of the molecule is Cn1cccc1[C@H]1Nc2ccccc2C(=O)N1Cc1ccccc1. The third-order valence-corrected chi connectivity index (χ3v) is 4.48. The molecule has 0 radical (unpaired) electrons. The van der Waals surface area contributed by atoms with Crippen LogP contribution in [-0.4, -0.2) is 15.4 Å². The van der Waals surface area contributed by atoms with E-state index in [1.807, 2.05) is 66.7 Å². The zero-order chi connectivity index (χ0) is 16.5. The number of carbonyl (C=O) groups is 1. The summed E-state index contributed by atoms with van der Waals surface area (Å²) in [6.45, 7) is 0.566. The minimum Gasteiger partial charge on any atom is -0.360 e. The van der Waals surface area contributed by atoms with Gasteiger partial charge in [-0.2, -0.15) is 0 Å². The van der Waals surface area contributed by atoms with E-state index in [9.17, 15) is 4.79 Å². The lowest BCUT2D eigenvalue weighted by Gasteiger charge is -2.38. The lowest BCUT2D eigenvalue weighted by atomic mass is 10.0. The molecule has 1 aliphatic rings. The first kappa shape index (κ1) is 14.6. The fourth-order valence-electron chi connectivity index (χ4n) is 3.23. The lowest BCUT2D eigenvalue weighted by molar-refractivity contribution is 0.0660. The topological polar surface area (TPSA) is 37.3 Å². The maximum absolute atomic E-state index is 13.1. The van der Waals surface area contributed by atoms with Crippen LogP contribution in [-0.2, 0) is 13.6 Å². The molecule has 0 saturated heterocycles. The van der Waals surface area contributed by atoms with Gasteiger partial charge in [-0.15, -0.1) is 0 Å². The van der Waals surface area contributed by atoms with E-state index in [1.165, 1.54) is 0 Å². The second kappa shape index (κ2) is 5.89. The molecule has 120 valence electrons. The van der Waals surface area contributed by atoms with E-state index in [2.05, 4.69) is 28.1 Å². The summed E-state index contributed by atoms with van der Waals surface area (Å²) in [5.74, 6) is 0.0550. The van der Waals surface area contributed by atoms with Crippen molar-refractivity contribution in [2.45, 2.75) is 12.7 Å². The Kier molecular flexibility index (Phi) is 3.58. The van der Waals surface area contributed by atoms with E-state index < -0.39 is 0 Å². The van der Waals surface area contributed by atoms with Crippen LogP contribution < -0.4 is 5.32 Å². The van der Waals surface area contributed by atoms with Crippen molar-refractivity contribution in [3.8, 4) is 0 Å². The van der Waals surface area contributed by atoms with E-state index in [0.717, 1.165) is 22.5 Å². The molecule has 0 bridgehead atoms. The van der Waals surface area contributed by atoms with Crippen LogP contribution in [0.3, 0.4) is 0 Å². The molecule has 4 heteroatoms. The number of nitrogens with one attached hydrogen (secondary N) is 1. The standard InChI is InChI=1S/C20H19N3O/c1-22-13-7-12-18(22)19-21-17-11-6-5-10-16(17)20(24)23(19)14-15-8-3-2-4-9-15/h2-13,19,21H,14H2,1H3/t19-/m0/s1. The molecule has 0 saturated carbocycles. The second-order valence-corrected chi connectivity index (χ2v) is 6.06. The molecule has 1 N–H and O–H groups in total. The van der Waals surface area contributed by atoms with Crippen LogP contribution in [0.15, 0.2) is 72.9 Å². The molecule has 0 spiro atoms. The largest absolute Gasteiger partial charge is 0.360 e. The number of hydrogen-bond acceptors (Lipinski definition) is 2. The highest BCUT2D eigenvalue weighted by Gasteiger charge is 2.33. The number of hydrogen-bond donors (Lipinski definition) is 1. The van der Waals surface area contributed by atoms with Gasteiger partial charge in [0.05, 0.1) is 11.3 Å². The number of amides is 1. The highest BCUT2D eigenvalue weighted by molar-refractivity contribution is 6.01. The normalized spacial score (nSPS) is 16.6. The maximum Gasteiger partial charge on any atom is 0.258 e. The summed E-state index contributed by atoms with van der Waals surface area (Å²) >= 11 is 0. The average Bonchev–Trinajstić information content (AvgIpc) is 3.04. The van der Waals surface area contributed by atoms with Gasteiger partial charge < -0.3 is 14.8 Å². The highest BCUT2D eigenvalue weighted by atomic mass is 16.2. The number of para-hydroxylation sites is 1. The predicted molar refractivity (Wildman–Crippen MR) is 94.5 cm³/mol. The number of anilines is 1. The van der Waals surface area contributed by atoms with Crippen molar-refractivity contribution in [2.75, 3.05) is 5.32 Å². The van der Waals surface area contributed by atoms with E-state index >= 15 is 0 Å². The molecule has 24 heavy (non-hydrogen) atoms. The molecule has 1 amide bonds. The minimum atomic E-state index is -0.187. The fourth-order valence-corrected chi connectivity index (χ4v) is 3.23. The van der Waals surface area contributed by atoms with Crippen LogP contribution in [0.5, 0.6) is 0 Å². The van der Waals surface area contributed by atoms with Crippen LogP contribution in [0.1, 0.15) is 27.8 Å². The van der Waals surface area contributed by atoms with Gasteiger partial charge in [-0.25, -0.2) is 0 Å². The summed E-state index contributed by atoms with van der Waals surface area (Å²) in [5, 5.41) is 3.53. The smallest absolute Gasteiger partial charge is 0.258 e. The van der Waals surface area contributed by atoms with Crippen LogP contribution in [0, 0.1) is 0 Å². The van der Waals surface area contributed by atoms with Crippen LogP contribution in [0.4, 0.5) is 5.69 Å². The number of benzene rings is 2. The highest BCUT2D eigenvalue weighted by Crippen LogP contribution is 2.34. The lowest BCUT2D eigenvalue weighted by Crippen LogP contribution is -2.43. The maximum atomic E-state index is 13.1. The molecule has 0 aliphatic carbocycles. The van der Waals surface area contributed by atoms with Crippen molar-refractivity contribution in [2.24, 2.45) is 7.05 Å². The molecule has 3 aromatic rings. The Balaban J connectivity index is 1.77. The third kappa shape index (κ3) is 2.46. The summed E-state index contributed by atoms with van der Waals surface area (Å²) < 4.78 is 2.05. The predicted octanol–water partition coefficient (Wildman–Crippen LogP) is 3.79. The van der Waals surface area contributed by atoms with Gasteiger partial charge in [0, 0.05) is 25.5 Å². The van der Waals surface area contributed by atoms with Crippen molar-refractivity contribution < 1.29 is 4.79 Å². The Bertz CT molecular complexity index is 869. The van der Waals surface area contributed by atoms with Gasteiger partial charge in [-0.3, -0.25) is 4.79 Å². The van der Waals surface area contributed by atoms with Gasteiger partial charge in [0.25, 0.3) is 5.91 Å². The summed E-state index contributed by atoms with van der Waals surface area (Å²) in [6, 6.07) is 21.9. The van der Waals surface area contributed by atoms with Crippen molar-refractivity contribution >= 4 is 11.6 Å². The molecule has 1 aromatic heterocycles. The molecule has 1 aliphatic heterocycles. The second-order valence-electron chi connectivity index (χ2n) is 6.06. The Hall–Kier alpha value is -3.01. The molecular formula is C20H19N3O. The van der Waals surface area contributed by atoms with E-state index in [-0.39, 0.29) is 12.1 Å². The Morgan fingerprint density at radius 1 is 0.958 bits per heavy atom. The summed E-state index contributed by atoms with van der Waals surface area (Å²) in [4.78, 5) is 15.0. The molecule has 4 rings (SSSR count). The van der Waals surface area contributed by atoms with Crippen molar-refractivity contribution in [1.29, 1.82) is 0 Å². The molecule has 2 heterocycles. The van der Waals surface area contributed by atoms with Crippen molar-refractivity contribution in [3.05, 3.63) is 89.7 Å². The quantitative estimate of drug-likeness (QED) is 0.798. The van der Waals surface area contributed by atoms with Gasteiger partial charge in [0.2, 0.25) is 0 Å². The zero-order valence-corrected chi connectivity index (χ0v) is 13.5. The Labute approximate surface area is 141 Å². The van der Waals surface area contributed by atoms with Gasteiger partial charge >= 0.3 is 0 Å². The van der Waals surface area contributed by atoms with Crippen LogP contribution >= 0.6 is 0 Å². The third-order valence-electron chi connectivity index (χ3n) is 4.48. The fraction of sp³-hybridized carbons (Fsp3) is 0.150. The average molecular weight is 317 g/mol. The molecule has 0 fully saturated rings. The van der Waals surface area contributed by atoms with Crippen molar-refractivity contribution in [3.63, 3.8) is 0 Å². The number of aryl methyl sites for hydroxylation is 1. The molecule has 0 unspecified atom stereocenters. The number of aromatic nitrogens is 1. The molecule has 2 aromatic carbocycles. The number of rotatable bonds is 3. The molecular weight excluding hydrogens is 298 g/mol. The molecule has 1 atom stereocenters. The van der Waals surface area contributed by atoms with E-state index in [4.69, 9.17) is 0 Å². The van der Waals surface area contributed by atoms with Gasteiger partial charge in [-0.1, -0.05) is 42.5 Å². The first-order valence-electron chi connectivity index (χ1n) is 8.06. The first-order valence-corrected chi connectivity index (χ1v) is 8.06. The van der Waals surface area contributed by atoms with Gasteiger partial charge in [-0.05, 0) is 29.8 Å². The Morgan fingerprint density at radius 3 is 2.46 bits per heavy atom. The van der Waals surface area contributed by atoms with Gasteiger partial charge in [0.1, 0.15) is 6.17 Å². The van der Waals surface area contributed by atoms with E-state index in [1.54, 1.807) is 0 Å². The molecule has 4 nitrogen and oxygen atoms in total. The summed E-state index contributed by atoms with van der Waals surface area (Å²) in [6.07, 6.45) is 1.82. The summed E-state index contributed by atoms with van der Waals surface area (Å²) in [7, 11) is 2.00. The van der Waals surface area contributed by atoms with Crippen LogP contribution in [0.2, 0.25) is 0 Å². The monoisotopic (exact) mass is 317 g/mol. The number of carbonyl (C=O) groups excluding carboxylic acids is 1. The number of nitrogens with zero attached hydrogens (tertiary/aromatic N) is 2. The minimum absolute atomic E-state index is 0.0550. The zero-order valence-electron chi connectivity index (χ0n) is 13.5. The van der Waals surface area contributed by atoms with Crippen molar-refractivity contribution in [1.82, 2.24) is 9.47 Å². The summed E-state index contributed by atoms with van der Waals surface area (Å²) in [5.41, 5.74) is 3.79. The first-order chi connectivity index (χ1) is 11.7. The number of fused-ring (bicyclic) bond motifs is 1. The van der Waals surface area contributed by atoms with Gasteiger partial charge in [0.15, 0.2) is 0 Å².